The normalized spacial score (nSPS) is 11.9. The van der Waals surface area contributed by atoms with Gasteiger partial charge in [-0.3, -0.25) is 9.36 Å². The van der Waals surface area contributed by atoms with Crippen LogP contribution < -0.4 is 5.32 Å². The highest BCUT2D eigenvalue weighted by Crippen LogP contribution is 2.10. The molecule has 0 aliphatic heterocycles. The van der Waals surface area contributed by atoms with Gasteiger partial charge in [0.15, 0.2) is 0 Å². The average molecular weight is 298 g/mol. The molecule has 1 aromatic heterocycles. The Morgan fingerprint density at radius 3 is 2.71 bits per heavy atom. The smallest absolute Gasteiger partial charge is 0.381 e. The molecule has 21 heavy (non-hydrogen) atoms. The molecule has 1 amide bonds. The monoisotopic (exact) mass is 298 g/mol. The van der Waals surface area contributed by atoms with E-state index < -0.39 is 22.8 Å². The van der Waals surface area contributed by atoms with Crippen molar-refractivity contribution in [2.45, 2.75) is 45.7 Å². The van der Waals surface area contributed by atoms with Crippen LogP contribution in [0.15, 0.2) is 6.20 Å². The summed E-state index contributed by atoms with van der Waals surface area (Å²) in [6.45, 7) is 3.25. The van der Waals surface area contributed by atoms with Gasteiger partial charge in [0.1, 0.15) is 18.8 Å². The van der Waals surface area contributed by atoms with E-state index in [9.17, 15) is 19.7 Å². The van der Waals surface area contributed by atoms with Gasteiger partial charge in [0.05, 0.1) is 0 Å². The summed E-state index contributed by atoms with van der Waals surface area (Å²) >= 11 is 0. The number of unbranched alkanes of at least 4 members (excludes halogenated alkanes) is 1. The molecule has 0 saturated carbocycles. The molecule has 0 saturated heterocycles. The average Bonchev–Trinajstić information content (AvgIpc) is 2.76. The number of hydrogen-bond acceptors (Lipinski definition) is 5. The Labute approximate surface area is 121 Å². The molecule has 0 radical (unpaired) electrons. The van der Waals surface area contributed by atoms with E-state index >= 15 is 0 Å². The molecule has 0 aliphatic carbocycles. The molecule has 9 nitrogen and oxygen atoms in total. The minimum atomic E-state index is -1.09. The van der Waals surface area contributed by atoms with Gasteiger partial charge in [-0.15, -0.1) is 0 Å². The van der Waals surface area contributed by atoms with Crippen LogP contribution in [0.4, 0.5) is 5.82 Å². The van der Waals surface area contributed by atoms with Gasteiger partial charge >= 0.3 is 11.8 Å². The van der Waals surface area contributed by atoms with Crippen LogP contribution in [0.2, 0.25) is 0 Å². The number of aromatic nitrogens is 2. The maximum Gasteiger partial charge on any atom is 0.381 e. The Morgan fingerprint density at radius 1 is 1.57 bits per heavy atom. The van der Waals surface area contributed by atoms with Crippen molar-refractivity contribution < 1.29 is 19.6 Å². The van der Waals surface area contributed by atoms with Crippen molar-refractivity contribution in [2.24, 2.45) is 0 Å². The lowest BCUT2D eigenvalue weighted by molar-refractivity contribution is -0.389. The fraction of sp³-hybridized carbons (Fsp3) is 0.583. The minimum absolute atomic E-state index is 0.206. The molecule has 0 fully saturated rings. The molecule has 0 aliphatic rings. The van der Waals surface area contributed by atoms with Crippen molar-refractivity contribution in [3.8, 4) is 0 Å². The number of nitrogens with one attached hydrogen (secondary N) is 1. The second-order valence-corrected chi connectivity index (χ2v) is 4.63. The summed E-state index contributed by atoms with van der Waals surface area (Å²) in [6, 6.07) is -0.948. The lowest BCUT2D eigenvalue weighted by Gasteiger charge is -2.14. The van der Waals surface area contributed by atoms with Crippen molar-refractivity contribution in [2.75, 3.05) is 0 Å². The second-order valence-electron chi connectivity index (χ2n) is 4.63. The molecule has 1 rings (SSSR count). The van der Waals surface area contributed by atoms with E-state index in [2.05, 4.69) is 10.3 Å². The zero-order valence-electron chi connectivity index (χ0n) is 11.9. The molecule has 0 bridgehead atoms. The number of carboxylic acids is 1. The van der Waals surface area contributed by atoms with Gasteiger partial charge in [-0.25, -0.2) is 4.79 Å². The van der Waals surface area contributed by atoms with Gasteiger partial charge in [0.2, 0.25) is 11.7 Å². The number of carbonyl (C=O) groups is 2. The third-order valence-corrected chi connectivity index (χ3v) is 2.94. The van der Waals surface area contributed by atoms with Crippen LogP contribution in [0.5, 0.6) is 0 Å². The molecular weight excluding hydrogens is 280 g/mol. The van der Waals surface area contributed by atoms with E-state index in [-0.39, 0.29) is 12.4 Å². The molecular formula is C12H18N4O5. The van der Waals surface area contributed by atoms with Crippen molar-refractivity contribution in [3.05, 3.63) is 22.1 Å². The summed E-state index contributed by atoms with van der Waals surface area (Å²) in [7, 11) is 0. The van der Waals surface area contributed by atoms with Gasteiger partial charge in [-0.05, 0) is 16.3 Å². The van der Waals surface area contributed by atoms with E-state index in [1.54, 1.807) is 0 Å². The SMILES string of the molecule is CCCC[C@H](NC(=O)Cn1cc([N+](=O)[O-])nc1C)C(=O)O. The molecule has 1 heterocycles. The Balaban J connectivity index is 2.67. The van der Waals surface area contributed by atoms with Crippen LogP contribution in [0.25, 0.3) is 0 Å². The predicted octanol–water partition coefficient (Wildman–Crippen LogP) is 0.859. The zero-order valence-corrected chi connectivity index (χ0v) is 11.9. The summed E-state index contributed by atoms with van der Waals surface area (Å²) in [6.07, 6.45) is 3.01. The van der Waals surface area contributed by atoms with Crippen LogP contribution in [-0.4, -0.2) is 37.5 Å². The van der Waals surface area contributed by atoms with E-state index in [4.69, 9.17) is 5.11 Å². The largest absolute Gasteiger partial charge is 0.480 e. The molecule has 9 heteroatoms. The second kappa shape index (κ2) is 7.36. The standard InChI is InChI=1S/C12H18N4O5/c1-3-4-5-9(12(18)19)14-11(17)7-15-6-10(16(20)21)13-8(15)2/h6,9H,3-5,7H2,1-2H3,(H,14,17)(H,18,19)/t9-/m0/s1. The van der Waals surface area contributed by atoms with E-state index in [1.807, 2.05) is 6.92 Å². The summed E-state index contributed by atoms with van der Waals surface area (Å²) in [5.74, 6) is -1.64. The fourth-order valence-corrected chi connectivity index (χ4v) is 1.80. The number of rotatable bonds is 8. The Morgan fingerprint density at radius 2 is 2.24 bits per heavy atom. The number of aliphatic carboxylic acids is 1. The fourth-order valence-electron chi connectivity index (χ4n) is 1.80. The van der Waals surface area contributed by atoms with E-state index in [0.29, 0.717) is 18.7 Å². The summed E-state index contributed by atoms with van der Waals surface area (Å²) in [4.78, 5) is 36.5. The van der Waals surface area contributed by atoms with E-state index in [0.717, 1.165) is 12.6 Å². The third kappa shape index (κ3) is 4.86. The number of imidazole rings is 1. The molecule has 0 unspecified atom stereocenters. The first-order valence-corrected chi connectivity index (χ1v) is 6.55. The predicted molar refractivity (Wildman–Crippen MR) is 72.7 cm³/mol. The lowest BCUT2D eigenvalue weighted by Crippen LogP contribution is -2.42. The van der Waals surface area contributed by atoms with Crippen LogP contribution in [0.1, 0.15) is 32.0 Å². The molecule has 1 aromatic rings. The number of carboxylic acid groups (broad SMARTS) is 1. The maximum atomic E-state index is 11.8. The van der Waals surface area contributed by atoms with Gasteiger partial charge in [0, 0.05) is 6.92 Å². The maximum absolute atomic E-state index is 11.8. The number of nitrogens with zero attached hydrogens (tertiary/aromatic N) is 3. The molecule has 116 valence electrons. The van der Waals surface area contributed by atoms with Crippen molar-refractivity contribution >= 4 is 17.7 Å². The quantitative estimate of drug-likeness (QED) is 0.541. The summed E-state index contributed by atoms with van der Waals surface area (Å²) < 4.78 is 1.31. The Bertz CT molecular complexity index is 540. The molecule has 1 atom stereocenters. The summed E-state index contributed by atoms with van der Waals surface area (Å²) in [5, 5.41) is 22.0. The lowest BCUT2D eigenvalue weighted by atomic mass is 10.1. The van der Waals surface area contributed by atoms with Crippen LogP contribution >= 0.6 is 0 Å². The van der Waals surface area contributed by atoms with Crippen LogP contribution in [-0.2, 0) is 16.1 Å². The topological polar surface area (TPSA) is 127 Å². The van der Waals surface area contributed by atoms with E-state index in [1.165, 1.54) is 11.5 Å². The highest BCUT2D eigenvalue weighted by Gasteiger charge is 2.21. The summed E-state index contributed by atoms with van der Waals surface area (Å²) in [5.41, 5.74) is 0. The third-order valence-electron chi connectivity index (χ3n) is 2.94. The number of nitro groups is 1. The number of amides is 1. The highest BCUT2D eigenvalue weighted by atomic mass is 16.6. The first kappa shape index (κ1) is 16.6. The molecule has 2 N–H and O–H groups in total. The molecule has 0 spiro atoms. The van der Waals surface area contributed by atoms with Gasteiger partial charge < -0.3 is 20.5 Å². The Kier molecular flexibility index (Phi) is 5.82. The van der Waals surface area contributed by atoms with Gasteiger partial charge in [0.25, 0.3) is 0 Å². The zero-order chi connectivity index (χ0) is 16.0. The number of carbonyl (C=O) groups excluding carboxylic acids is 1. The number of hydrogen-bond donors (Lipinski definition) is 2. The molecule has 0 aromatic carbocycles. The Hall–Kier alpha value is -2.45. The first-order valence-electron chi connectivity index (χ1n) is 6.55. The van der Waals surface area contributed by atoms with Crippen molar-refractivity contribution in [3.63, 3.8) is 0 Å². The van der Waals surface area contributed by atoms with Gasteiger partial charge in [-0.1, -0.05) is 19.8 Å². The van der Waals surface area contributed by atoms with Crippen molar-refractivity contribution in [1.29, 1.82) is 0 Å². The van der Waals surface area contributed by atoms with Crippen molar-refractivity contribution in [1.82, 2.24) is 14.9 Å². The van der Waals surface area contributed by atoms with Crippen LogP contribution in [0, 0.1) is 17.0 Å². The highest BCUT2D eigenvalue weighted by molar-refractivity contribution is 5.83. The van der Waals surface area contributed by atoms with Gasteiger partial charge in [-0.2, -0.15) is 0 Å². The van der Waals surface area contributed by atoms with Crippen LogP contribution in [0.3, 0.4) is 0 Å². The first-order chi connectivity index (χ1) is 9.85. The minimum Gasteiger partial charge on any atom is -0.480 e. The number of aryl methyl sites for hydroxylation is 1.